The van der Waals surface area contributed by atoms with Crippen molar-refractivity contribution in [1.82, 2.24) is 0 Å². The first-order chi connectivity index (χ1) is 13.6. The summed E-state index contributed by atoms with van der Waals surface area (Å²) in [6.07, 6.45) is 13.8. The maximum absolute atomic E-state index is 10.9. The zero-order chi connectivity index (χ0) is 21.6. The quantitative estimate of drug-likeness (QED) is 0.454. The lowest BCUT2D eigenvalue weighted by molar-refractivity contribution is -0.113. The van der Waals surface area contributed by atoms with Crippen molar-refractivity contribution >= 4 is 5.91 Å². The van der Waals surface area contributed by atoms with Gasteiger partial charge in [-0.1, -0.05) is 67.5 Å². The highest BCUT2D eigenvalue weighted by molar-refractivity contribution is 5.86. The molecule has 0 saturated heterocycles. The maximum Gasteiger partial charge on any atom is 0.241 e. The average molecular weight is 392 g/mol. The van der Waals surface area contributed by atoms with E-state index in [0.717, 1.165) is 24.0 Å². The molecule has 0 fully saturated rings. The molecule has 0 aromatic heterocycles. The normalized spacial score (nSPS) is 20.7. The molecule has 0 saturated carbocycles. The summed E-state index contributed by atoms with van der Waals surface area (Å²) in [5.41, 5.74) is 11.3. The van der Waals surface area contributed by atoms with Crippen molar-refractivity contribution in [3.63, 3.8) is 0 Å². The molecule has 1 aromatic carbocycles. The summed E-state index contributed by atoms with van der Waals surface area (Å²) in [5.74, 6) is 0.360. The monoisotopic (exact) mass is 391 g/mol. The molecule has 1 aliphatic rings. The summed E-state index contributed by atoms with van der Waals surface area (Å²) in [5, 5.41) is 9.55. The predicted octanol–water partition coefficient (Wildman–Crippen LogP) is 6.10. The molecule has 0 bridgehead atoms. The number of phenols is 1. The summed E-state index contributed by atoms with van der Waals surface area (Å²) < 4.78 is 0. The summed E-state index contributed by atoms with van der Waals surface area (Å²) in [7, 11) is 0. The third kappa shape index (κ3) is 6.63. The standard InChI is InChI=1S/C26H33NO2/c1-18(7-6-8-19(2)15-25(27)29)9-14-24-20(3)16-22(17-26(24,4)5)21-10-12-23(28)13-11-21/h6-15,22,28H,16-17H2,1-5H3,(H2,27,29)/b8-6+,14-9+,18-7+,19-15+. The number of nitrogens with two attached hydrogens (primary N) is 1. The molecule has 3 heteroatoms. The van der Waals surface area contributed by atoms with E-state index in [0.29, 0.717) is 11.7 Å². The Morgan fingerprint density at radius 3 is 2.38 bits per heavy atom. The number of amides is 1. The second kappa shape index (κ2) is 9.60. The Bertz CT molecular complexity index is 893. The van der Waals surface area contributed by atoms with Gasteiger partial charge in [-0.05, 0) is 73.8 Å². The fourth-order valence-corrected chi connectivity index (χ4v) is 4.10. The van der Waals surface area contributed by atoms with Crippen molar-refractivity contribution in [2.45, 2.75) is 53.4 Å². The van der Waals surface area contributed by atoms with Crippen LogP contribution in [0.2, 0.25) is 0 Å². The Morgan fingerprint density at radius 1 is 1.14 bits per heavy atom. The van der Waals surface area contributed by atoms with Crippen LogP contribution in [0.3, 0.4) is 0 Å². The molecule has 1 atom stereocenters. The van der Waals surface area contributed by atoms with Gasteiger partial charge in [0.15, 0.2) is 0 Å². The first-order valence-electron chi connectivity index (χ1n) is 10.1. The molecule has 0 heterocycles. The summed E-state index contributed by atoms with van der Waals surface area (Å²) >= 11 is 0. The summed E-state index contributed by atoms with van der Waals surface area (Å²) in [6.45, 7) is 10.8. The summed E-state index contributed by atoms with van der Waals surface area (Å²) in [4.78, 5) is 10.9. The van der Waals surface area contributed by atoms with Crippen molar-refractivity contribution in [3.05, 3.63) is 88.6 Å². The van der Waals surface area contributed by atoms with Gasteiger partial charge in [-0.2, -0.15) is 0 Å². The van der Waals surface area contributed by atoms with E-state index < -0.39 is 5.91 Å². The predicted molar refractivity (Wildman–Crippen MR) is 122 cm³/mol. The van der Waals surface area contributed by atoms with Gasteiger partial charge in [0.2, 0.25) is 5.91 Å². The number of benzene rings is 1. The Kier molecular flexibility index (Phi) is 7.44. The van der Waals surface area contributed by atoms with Crippen molar-refractivity contribution < 1.29 is 9.90 Å². The van der Waals surface area contributed by atoms with Crippen LogP contribution in [0.1, 0.15) is 58.9 Å². The number of primary amides is 1. The Labute approximate surface area is 175 Å². The Hall–Kier alpha value is -2.81. The fraction of sp³-hybridized carbons (Fsp3) is 0.346. The van der Waals surface area contributed by atoms with Crippen LogP contribution in [0.4, 0.5) is 0 Å². The Balaban J connectivity index is 2.15. The number of rotatable bonds is 6. The minimum atomic E-state index is -0.430. The first kappa shape index (κ1) is 22.5. The van der Waals surface area contributed by atoms with Gasteiger partial charge < -0.3 is 10.8 Å². The van der Waals surface area contributed by atoms with Gasteiger partial charge >= 0.3 is 0 Å². The third-order valence-electron chi connectivity index (χ3n) is 5.46. The van der Waals surface area contributed by atoms with Crippen molar-refractivity contribution in [3.8, 4) is 5.75 Å². The zero-order valence-electron chi connectivity index (χ0n) is 18.2. The molecule has 0 aliphatic heterocycles. The second-order valence-electron chi connectivity index (χ2n) is 8.67. The minimum Gasteiger partial charge on any atom is -0.508 e. The van der Waals surface area contributed by atoms with Gasteiger partial charge in [-0.25, -0.2) is 0 Å². The van der Waals surface area contributed by atoms with Crippen LogP contribution in [0.5, 0.6) is 5.75 Å². The fourth-order valence-electron chi connectivity index (χ4n) is 4.10. The van der Waals surface area contributed by atoms with Crippen molar-refractivity contribution in [2.24, 2.45) is 11.1 Å². The molecule has 1 aromatic rings. The molecule has 1 aliphatic carbocycles. The molecule has 3 nitrogen and oxygen atoms in total. The third-order valence-corrected chi connectivity index (χ3v) is 5.46. The van der Waals surface area contributed by atoms with E-state index in [-0.39, 0.29) is 5.41 Å². The zero-order valence-corrected chi connectivity index (χ0v) is 18.2. The second-order valence-corrected chi connectivity index (χ2v) is 8.67. The highest BCUT2D eigenvalue weighted by Gasteiger charge is 2.33. The van der Waals surface area contributed by atoms with E-state index in [4.69, 9.17) is 5.73 Å². The number of carbonyl (C=O) groups excluding carboxylic acids is 1. The topological polar surface area (TPSA) is 63.3 Å². The lowest BCUT2D eigenvalue weighted by Gasteiger charge is -2.38. The van der Waals surface area contributed by atoms with Crippen LogP contribution in [0.25, 0.3) is 0 Å². The van der Waals surface area contributed by atoms with Gasteiger partial charge in [0.05, 0.1) is 0 Å². The number of carbonyl (C=O) groups is 1. The van der Waals surface area contributed by atoms with Crippen LogP contribution in [-0.4, -0.2) is 11.0 Å². The molecular weight excluding hydrogens is 358 g/mol. The van der Waals surface area contributed by atoms with Gasteiger partial charge in [-0.3, -0.25) is 4.79 Å². The van der Waals surface area contributed by atoms with E-state index in [2.05, 4.69) is 39.8 Å². The molecule has 1 unspecified atom stereocenters. The number of phenolic OH excluding ortho intramolecular Hbond substituents is 1. The molecule has 0 radical (unpaired) electrons. The minimum absolute atomic E-state index is 0.0817. The van der Waals surface area contributed by atoms with E-state index in [1.807, 2.05) is 37.3 Å². The molecular formula is C26H33NO2. The molecule has 2 rings (SSSR count). The average Bonchev–Trinajstić information content (AvgIpc) is 2.60. The molecule has 1 amide bonds. The van der Waals surface area contributed by atoms with E-state index in [1.165, 1.54) is 22.8 Å². The lowest BCUT2D eigenvalue weighted by atomic mass is 9.66. The van der Waals surface area contributed by atoms with E-state index in [9.17, 15) is 9.90 Å². The largest absolute Gasteiger partial charge is 0.508 e. The van der Waals surface area contributed by atoms with Gasteiger partial charge in [-0.15, -0.1) is 0 Å². The molecule has 154 valence electrons. The van der Waals surface area contributed by atoms with Crippen LogP contribution in [0.15, 0.2) is 83.0 Å². The van der Waals surface area contributed by atoms with Crippen LogP contribution < -0.4 is 5.73 Å². The number of allylic oxidation sites excluding steroid dienone is 9. The highest BCUT2D eigenvalue weighted by Crippen LogP contribution is 2.47. The number of hydrogen-bond acceptors (Lipinski definition) is 2. The first-order valence-corrected chi connectivity index (χ1v) is 10.1. The van der Waals surface area contributed by atoms with Crippen LogP contribution in [-0.2, 0) is 4.79 Å². The lowest BCUT2D eigenvalue weighted by Crippen LogP contribution is -2.24. The summed E-state index contributed by atoms with van der Waals surface area (Å²) in [6, 6.07) is 7.63. The van der Waals surface area contributed by atoms with Gasteiger partial charge in [0, 0.05) is 6.08 Å². The van der Waals surface area contributed by atoms with E-state index >= 15 is 0 Å². The molecule has 0 spiro atoms. The highest BCUT2D eigenvalue weighted by atomic mass is 16.3. The Morgan fingerprint density at radius 2 is 1.79 bits per heavy atom. The number of hydrogen-bond donors (Lipinski definition) is 2. The van der Waals surface area contributed by atoms with Gasteiger partial charge in [0.1, 0.15) is 5.75 Å². The van der Waals surface area contributed by atoms with Crippen LogP contribution >= 0.6 is 0 Å². The van der Waals surface area contributed by atoms with Crippen molar-refractivity contribution in [1.29, 1.82) is 0 Å². The van der Waals surface area contributed by atoms with E-state index in [1.54, 1.807) is 12.1 Å². The van der Waals surface area contributed by atoms with Gasteiger partial charge in [0.25, 0.3) is 0 Å². The molecule has 3 N–H and O–H groups in total. The van der Waals surface area contributed by atoms with Crippen molar-refractivity contribution in [2.75, 3.05) is 0 Å². The number of aromatic hydroxyl groups is 1. The SMILES string of the molecule is CC1=C(/C=C/C(C)=C/C=C/C(C)=C/C(N)=O)C(C)(C)CC(c2ccc(O)cc2)C1. The maximum atomic E-state index is 10.9. The molecule has 29 heavy (non-hydrogen) atoms. The van der Waals surface area contributed by atoms with Crippen LogP contribution in [0, 0.1) is 5.41 Å². The smallest absolute Gasteiger partial charge is 0.241 e.